The maximum absolute atomic E-state index is 5.51. The van der Waals surface area contributed by atoms with Crippen LogP contribution in [0.5, 0.6) is 0 Å². The van der Waals surface area contributed by atoms with Crippen molar-refractivity contribution in [1.29, 1.82) is 0 Å². The molecular formula is C9H15N3. The molecule has 12 heavy (non-hydrogen) atoms. The zero-order valence-corrected chi connectivity index (χ0v) is 7.62. The van der Waals surface area contributed by atoms with Gasteiger partial charge in [-0.3, -0.25) is 4.98 Å². The van der Waals surface area contributed by atoms with Crippen molar-refractivity contribution in [3.8, 4) is 0 Å². The molecule has 0 saturated carbocycles. The first kappa shape index (κ1) is 9.00. The molecule has 0 aliphatic heterocycles. The molecule has 1 rings (SSSR count). The van der Waals surface area contributed by atoms with Crippen molar-refractivity contribution in [2.45, 2.75) is 13.5 Å². The molecule has 3 nitrogen and oxygen atoms in total. The van der Waals surface area contributed by atoms with E-state index in [0.29, 0.717) is 0 Å². The molecule has 0 saturated heterocycles. The number of aromatic nitrogens is 1. The summed E-state index contributed by atoms with van der Waals surface area (Å²) in [4.78, 5) is 6.39. The van der Waals surface area contributed by atoms with Gasteiger partial charge in [-0.05, 0) is 25.7 Å². The first-order valence-corrected chi connectivity index (χ1v) is 4.11. The van der Waals surface area contributed by atoms with Crippen LogP contribution in [0.2, 0.25) is 0 Å². The average molecular weight is 165 g/mol. The van der Waals surface area contributed by atoms with Gasteiger partial charge >= 0.3 is 0 Å². The Hall–Kier alpha value is -1.09. The minimum Gasteiger partial charge on any atom is -0.397 e. The molecule has 66 valence electrons. The molecule has 0 spiro atoms. The second kappa shape index (κ2) is 4.07. The molecule has 0 radical (unpaired) electrons. The van der Waals surface area contributed by atoms with Crippen molar-refractivity contribution < 1.29 is 0 Å². The number of nitrogens with two attached hydrogens (primary N) is 1. The highest BCUT2D eigenvalue weighted by atomic mass is 15.1. The molecule has 0 fully saturated rings. The summed E-state index contributed by atoms with van der Waals surface area (Å²) in [6, 6.07) is 3.84. The van der Waals surface area contributed by atoms with E-state index < -0.39 is 0 Å². The van der Waals surface area contributed by atoms with Gasteiger partial charge in [-0.15, -0.1) is 0 Å². The second-order valence-electron chi connectivity index (χ2n) is 2.91. The first-order chi connectivity index (χ1) is 5.72. The number of rotatable bonds is 3. The summed E-state index contributed by atoms with van der Waals surface area (Å²) in [5.74, 6) is 0. The number of anilines is 1. The van der Waals surface area contributed by atoms with E-state index in [1.165, 1.54) is 0 Å². The van der Waals surface area contributed by atoms with Crippen LogP contribution in [0.3, 0.4) is 0 Å². The van der Waals surface area contributed by atoms with Crippen LogP contribution in [0.15, 0.2) is 18.3 Å². The lowest BCUT2D eigenvalue weighted by atomic mass is 10.3. The fraction of sp³-hybridized carbons (Fsp3) is 0.444. The third-order valence-electron chi connectivity index (χ3n) is 1.82. The summed E-state index contributed by atoms with van der Waals surface area (Å²) in [5.41, 5.74) is 7.30. The van der Waals surface area contributed by atoms with E-state index in [4.69, 9.17) is 5.73 Å². The van der Waals surface area contributed by atoms with Gasteiger partial charge in [-0.1, -0.05) is 6.92 Å². The lowest BCUT2D eigenvalue weighted by molar-refractivity contribution is 0.341. The minimum atomic E-state index is 0.720. The molecule has 0 aromatic carbocycles. The van der Waals surface area contributed by atoms with Crippen molar-refractivity contribution in [2.24, 2.45) is 0 Å². The molecular weight excluding hydrogens is 150 g/mol. The lowest BCUT2D eigenvalue weighted by Crippen LogP contribution is -2.17. The molecule has 1 aromatic heterocycles. The number of nitrogens with zero attached hydrogens (tertiary/aromatic N) is 2. The van der Waals surface area contributed by atoms with E-state index in [9.17, 15) is 0 Å². The summed E-state index contributed by atoms with van der Waals surface area (Å²) in [6.45, 7) is 4.04. The highest BCUT2D eigenvalue weighted by Crippen LogP contribution is 2.02. The summed E-state index contributed by atoms with van der Waals surface area (Å²) in [6.07, 6.45) is 1.69. The van der Waals surface area contributed by atoms with E-state index in [-0.39, 0.29) is 0 Å². The van der Waals surface area contributed by atoms with Gasteiger partial charge in [0.25, 0.3) is 0 Å². The van der Waals surface area contributed by atoms with Crippen LogP contribution in [0.25, 0.3) is 0 Å². The number of hydrogen-bond donors (Lipinski definition) is 1. The van der Waals surface area contributed by atoms with Crippen molar-refractivity contribution in [1.82, 2.24) is 9.88 Å². The van der Waals surface area contributed by atoms with Crippen LogP contribution in [0, 0.1) is 0 Å². The standard InChI is InChI=1S/C9H15N3/c1-3-12(2)7-9-5-4-8(10)6-11-9/h4-6H,3,7,10H2,1-2H3. The molecule has 2 N–H and O–H groups in total. The topological polar surface area (TPSA) is 42.1 Å². The van der Waals surface area contributed by atoms with Crippen molar-refractivity contribution in [3.05, 3.63) is 24.0 Å². The Balaban J connectivity index is 2.58. The molecule has 1 heterocycles. The maximum Gasteiger partial charge on any atom is 0.0545 e. The van der Waals surface area contributed by atoms with Crippen LogP contribution < -0.4 is 5.73 Å². The fourth-order valence-corrected chi connectivity index (χ4v) is 0.918. The third-order valence-corrected chi connectivity index (χ3v) is 1.82. The normalized spacial score (nSPS) is 10.6. The number of pyridine rings is 1. The maximum atomic E-state index is 5.51. The summed E-state index contributed by atoms with van der Waals surface area (Å²) < 4.78 is 0. The smallest absolute Gasteiger partial charge is 0.0545 e. The van der Waals surface area contributed by atoms with Gasteiger partial charge in [0.2, 0.25) is 0 Å². The van der Waals surface area contributed by atoms with E-state index in [2.05, 4.69) is 23.9 Å². The second-order valence-corrected chi connectivity index (χ2v) is 2.91. The predicted octanol–water partition coefficient (Wildman–Crippen LogP) is 1.12. The van der Waals surface area contributed by atoms with Gasteiger partial charge in [0.15, 0.2) is 0 Å². The zero-order valence-electron chi connectivity index (χ0n) is 7.62. The van der Waals surface area contributed by atoms with E-state index in [1.807, 2.05) is 12.1 Å². The number of nitrogen functional groups attached to an aromatic ring is 1. The van der Waals surface area contributed by atoms with Gasteiger partial charge in [0, 0.05) is 6.54 Å². The van der Waals surface area contributed by atoms with E-state index >= 15 is 0 Å². The van der Waals surface area contributed by atoms with E-state index in [1.54, 1.807) is 6.20 Å². The summed E-state index contributed by atoms with van der Waals surface area (Å²) in [5, 5.41) is 0. The van der Waals surface area contributed by atoms with Crippen LogP contribution >= 0.6 is 0 Å². The summed E-state index contributed by atoms with van der Waals surface area (Å²) >= 11 is 0. The van der Waals surface area contributed by atoms with Gasteiger partial charge < -0.3 is 10.6 Å². The Morgan fingerprint density at radius 1 is 1.50 bits per heavy atom. The average Bonchev–Trinajstić information content (AvgIpc) is 2.09. The Labute approximate surface area is 73.2 Å². The van der Waals surface area contributed by atoms with Crippen LogP contribution in [0.1, 0.15) is 12.6 Å². The fourth-order valence-electron chi connectivity index (χ4n) is 0.918. The minimum absolute atomic E-state index is 0.720. The van der Waals surface area contributed by atoms with Crippen LogP contribution in [0.4, 0.5) is 5.69 Å². The molecule has 1 aromatic rings. The molecule has 3 heteroatoms. The summed E-state index contributed by atoms with van der Waals surface area (Å²) in [7, 11) is 2.07. The molecule has 0 unspecified atom stereocenters. The predicted molar refractivity (Wildman–Crippen MR) is 50.7 cm³/mol. The number of hydrogen-bond acceptors (Lipinski definition) is 3. The van der Waals surface area contributed by atoms with Crippen molar-refractivity contribution in [3.63, 3.8) is 0 Å². The van der Waals surface area contributed by atoms with Crippen LogP contribution in [-0.4, -0.2) is 23.5 Å². The van der Waals surface area contributed by atoms with Crippen molar-refractivity contribution >= 4 is 5.69 Å². The molecule has 0 amide bonds. The molecule has 0 atom stereocenters. The molecule has 0 bridgehead atoms. The Morgan fingerprint density at radius 2 is 2.25 bits per heavy atom. The van der Waals surface area contributed by atoms with Crippen molar-refractivity contribution in [2.75, 3.05) is 19.3 Å². The van der Waals surface area contributed by atoms with Crippen LogP contribution in [-0.2, 0) is 6.54 Å². The zero-order chi connectivity index (χ0) is 8.97. The Morgan fingerprint density at radius 3 is 2.75 bits per heavy atom. The Kier molecular flexibility index (Phi) is 3.05. The SMILES string of the molecule is CCN(C)Cc1ccc(N)cn1. The van der Waals surface area contributed by atoms with E-state index in [0.717, 1.165) is 24.5 Å². The highest BCUT2D eigenvalue weighted by Gasteiger charge is 1.97. The lowest BCUT2D eigenvalue weighted by Gasteiger charge is -2.12. The van der Waals surface area contributed by atoms with Gasteiger partial charge in [0.05, 0.1) is 17.6 Å². The molecule has 0 aliphatic rings. The molecule has 0 aliphatic carbocycles. The van der Waals surface area contributed by atoms with Gasteiger partial charge in [0.1, 0.15) is 0 Å². The quantitative estimate of drug-likeness (QED) is 0.729. The van der Waals surface area contributed by atoms with Gasteiger partial charge in [-0.25, -0.2) is 0 Å². The van der Waals surface area contributed by atoms with Gasteiger partial charge in [-0.2, -0.15) is 0 Å². The highest BCUT2D eigenvalue weighted by molar-refractivity contribution is 5.34. The monoisotopic (exact) mass is 165 g/mol. The third kappa shape index (κ3) is 2.51. The first-order valence-electron chi connectivity index (χ1n) is 4.11. The Bertz CT molecular complexity index is 230. The largest absolute Gasteiger partial charge is 0.397 e.